The van der Waals surface area contributed by atoms with E-state index in [2.05, 4.69) is 24.1 Å². The van der Waals surface area contributed by atoms with E-state index < -0.39 is 0 Å². The summed E-state index contributed by atoms with van der Waals surface area (Å²) in [4.78, 5) is 14.3. The van der Waals surface area contributed by atoms with Gasteiger partial charge in [0.05, 0.1) is 12.2 Å². The van der Waals surface area contributed by atoms with Crippen LogP contribution >= 0.6 is 0 Å². The fraction of sp³-hybridized carbons (Fsp3) is 0.562. The number of rotatable bonds is 5. The highest BCUT2D eigenvalue weighted by Crippen LogP contribution is 2.10. The summed E-state index contributed by atoms with van der Waals surface area (Å²) in [5.74, 6) is -0.0429. The van der Waals surface area contributed by atoms with Crippen LogP contribution in [0.5, 0.6) is 0 Å². The van der Waals surface area contributed by atoms with Crippen molar-refractivity contribution < 1.29 is 9.53 Å². The van der Waals surface area contributed by atoms with Gasteiger partial charge in [-0.1, -0.05) is 0 Å². The van der Waals surface area contributed by atoms with Crippen molar-refractivity contribution in [1.29, 1.82) is 0 Å². The standard InChI is InChI=1S/C16H25N3O2/c1-12-10-19(11-13(2)21-12)9-3-8-18-16(20)14-4-6-15(17)7-5-14/h4-7,12-13H,3,8-11,17H2,1-2H3,(H,18,20). The van der Waals surface area contributed by atoms with Gasteiger partial charge in [-0.25, -0.2) is 0 Å². The van der Waals surface area contributed by atoms with Crippen LogP contribution in [-0.2, 0) is 4.74 Å². The Morgan fingerprint density at radius 3 is 2.52 bits per heavy atom. The molecule has 1 heterocycles. The lowest BCUT2D eigenvalue weighted by atomic mass is 10.2. The molecule has 3 N–H and O–H groups in total. The number of hydrogen-bond acceptors (Lipinski definition) is 4. The van der Waals surface area contributed by atoms with Gasteiger partial charge in [0.1, 0.15) is 0 Å². The Morgan fingerprint density at radius 1 is 1.29 bits per heavy atom. The molecular weight excluding hydrogens is 266 g/mol. The molecule has 1 amide bonds. The third-order valence-electron chi connectivity index (χ3n) is 3.60. The number of nitrogens with two attached hydrogens (primary N) is 1. The summed E-state index contributed by atoms with van der Waals surface area (Å²) in [7, 11) is 0. The van der Waals surface area contributed by atoms with E-state index in [4.69, 9.17) is 10.5 Å². The molecule has 1 aliphatic rings. The Morgan fingerprint density at radius 2 is 1.90 bits per heavy atom. The number of benzene rings is 1. The number of nitrogens with zero attached hydrogens (tertiary/aromatic N) is 1. The van der Waals surface area contributed by atoms with E-state index in [0.717, 1.165) is 26.1 Å². The maximum absolute atomic E-state index is 11.9. The molecule has 5 heteroatoms. The predicted molar refractivity (Wildman–Crippen MR) is 84.3 cm³/mol. The molecule has 2 rings (SSSR count). The normalized spacial score (nSPS) is 23.0. The summed E-state index contributed by atoms with van der Waals surface area (Å²) in [6.07, 6.45) is 1.52. The van der Waals surface area contributed by atoms with Gasteiger partial charge in [-0.05, 0) is 44.5 Å². The SMILES string of the molecule is CC1CN(CCCNC(=O)c2ccc(N)cc2)CC(C)O1. The third-order valence-corrected chi connectivity index (χ3v) is 3.60. The molecule has 0 aliphatic carbocycles. The van der Waals surface area contributed by atoms with Crippen LogP contribution in [0.25, 0.3) is 0 Å². The Kier molecular flexibility index (Phi) is 5.59. The highest BCUT2D eigenvalue weighted by Gasteiger charge is 2.21. The quantitative estimate of drug-likeness (QED) is 0.637. The molecule has 0 bridgehead atoms. The fourth-order valence-corrected chi connectivity index (χ4v) is 2.71. The van der Waals surface area contributed by atoms with Gasteiger partial charge in [0.2, 0.25) is 0 Å². The van der Waals surface area contributed by atoms with E-state index in [9.17, 15) is 4.79 Å². The minimum absolute atomic E-state index is 0.0429. The van der Waals surface area contributed by atoms with E-state index in [-0.39, 0.29) is 18.1 Å². The summed E-state index contributed by atoms with van der Waals surface area (Å²) < 4.78 is 5.71. The summed E-state index contributed by atoms with van der Waals surface area (Å²) in [6, 6.07) is 6.98. The first-order chi connectivity index (χ1) is 10.0. The molecule has 1 aromatic carbocycles. The average Bonchev–Trinajstić information content (AvgIpc) is 2.43. The molecule has 1 fully saturated rings. The van der Waals surface area contributed by atoms with Gasteiger partial charge >= 0.3 is 0 Å². The second-order valence-corrected chi connectivity index (χ2v) is 5.75. The van der Waals surface area contributed by atoms with Crippen molar-refractivity contribution >= 4 is 11.6 Å². The van der Waals surface area contributed by atoms with Crippen molar-refractivity contribution in [2.75, 3.05) is 31.9 Å². The number of anilines is 1. The van der Waals surface area contributed by atoms with Crippen LogP contribution in [0.15, 0.2) is 24.3 Å². The van der Waals surface area contributed by atoms with Crippen molar-refractivity contribution in [2.24, 2.45) is 0 Å². The smallest absolute Gasteiger partial charge is 0.251 e. The largest absolute Gasteiger partial charge is 0.399 e. The first kappa shape index (κ1) is 15.8. The number of nitrogen functional groups attached to an aromatic ring is 1. The molecule has 1 saturated heterocycles. The maximum Gasteiger partial charge on any atom is 0.251 e. The highest BCUT2D eigenvalue weighted by molar-refractivity contribution is 5.94. The van der Waals surface area contributed by atoms with Gasteiger partial charge in [0.25, 0.3) is 5.91 Å². The summed E-state index contributed by atoms with van der Waals surface area (Å²) >= 11 is 0. The summed E-state index contributed by atoms with van der Waals surface area (Å²) in [6.45, 7) is 7.81. The van der Waals surface area contributed by atoms with Crippen LogP contribution in [0, 0.1) is 0 Å². The Labute approximate surface area is 126 Å². The molecule has 0 aromatic heterocycles. The van der Waals surface area contributed by atoms with Gasteiger partial charge in [-0.2, -0.15) is 0 Å². The van der Waals surface area contributed by atoms with E-state index in [1.807, 2.05) is 0 Å². The van der Waals surface area contributed by atoms with Crippen LogP contribution in [-0.4, -0.2) is 49.2 Å². The second-order valence-electron chi connectivity index (χ2n) is 5.75. The Balaban J connectivity index is 1.67. The molecule has 2 unspecified atom stereocenters. The zero-order valence-electron chi connectivity index (χ0n) is 12.8. The number of morpholine rings is 1. The average molecular weight is 291 g/mol. The number of ether oxygens (including phenoxy) is 1. The van der Waals surface area contributed by atoms with Gasteiger partial charge in [0.15, 0.2) is 0 Å². The highest BCUT2D eigenvalue weighted by atomic mass is 16.5. The van der Waals surface area contributed by atoms with Gasteiger partial charge in [-0.3, -0.25) is 9.69 Å². The van der Waals surface area contributed by atoms with Crippen molar-refractivity contribution in [3.05, 3.63) is 29.8 Å². The monoisotopic (exact) mass is 291 g/mol. The first-order valence-corrected chi connectivity index (χ1v) is 7.56. The Hall–Kier alpha value is -1.59. The van der Waals surface area contributed by atoms with Crippen molar-refractivity contribution in [1.82, 2.24) is 10.2 Å². The number of carbonyl (C=O) groups excluding carboxylic acids is 1. The molecule has 1 aliphatic heterocycles. The molecule has 0 saturated carbocycles. The molecule has 0 radical (unpaired) electrons. The predicted octanol–water partition coefficient (Wildman–Crippen LogP) is 1.50. The van der Waals surface area contributed by atoms with E-state index in [1.165, 1.54) is 0 Å². The number of hydrogen-bond donors (Lipinski definition) is 2. The van der Waals surface area contributed by atoms with Crippen molar-refractivity contribution in [3.8, 4) is 0 Å². The van der Waals surface area contributed by atoms with Gasteiger partial charge < -0.3 is 15.8 Å². The third kappa shape index (κ3) is 5.02. The zero-order valence-corrected chi connectivity index (χ0v) is 12.8. The maximum atomic E-state index is 11.9. The number of nitrogens with one attached hydrogen (secondary N) is 1. The van der Waals surface area contributed by atoms with E-state index in [1.54, 1.807) is 24.3 Å². The summed E-state index contributed by atoms with van der Waals surface area (Å²) in [5.41, 5.74) is 6.93. The van der Waals surface area contributed by atoms with E-state index in [0.29, 0.717) is 17.8 Å². The fourth-order valence-electron chi connectivity index (χ4n) is 2.71. The van der Waals surface area contributed by atoms with Gasteiger partial charge in [-0.15, -0.1) is 0 Å². The number of carbonyl (C=O) groups is 1. The lowest BCUT2D eigenvalue weighted by Crippen LogP contribution is -2.46. The van der Waals surface area contributed by atoms with Crippen LogP contribution in [0.2, 0.25) is 0 Å². The van der Waals surface area contributed by atoms with Crippen LogP contribution in [0.4, 0.5) is 5.69 Å². The van der Waals surface area contributed by atoms with Crippen LogP contribution in [0.1, 0.15) is 30.6 Å². The molecule has 21 heavy (non-hydrogen) atoms. The van der Waals surface area contributed by atoms with Crippen molar-refractivity contribution in [2.45, 2.75) is 32.5 Å². The molecule has 1 aromatic rings. The zero-order chi connectivity index (χ0) is 15.2. The molecule has 2 atom stereocenters. The molecule has 5 nitrogen and oxygen atoms in total. The molecule has 116 valence electrons. The molecular formula is C16H25N3O2. The minimum atomic E-state index is -0.0429. The first-order valence-electron chi connectivity index (χ1n) is 7.56. The topological polar surface area (TPSA) is 67.6 Å². The Bertz CT molecular complexity index is 451. The lowest BCUT2D eigenvalue weighted by Gasteiger charge is -2.35. The van der Waals surface area contributed by atoms with Crippen molar-refractivity contribution in [3.63, 3.8) is 0 Å². The summed E-state index contributed by atoms with van der Waals surface area (Å²) in [5, 5.41) is 2.94. The van der Waals surface area contributed by atoms with Crippen LogP contribution < -0.4 is 11.1 Å². The number of amides is 1. The molecule has 0 spiro atoms. The van der Waals surface area contributed by atoms with Crippen LogP contribution in [0.3, 0.4) is 0 Å². The minimum Gasteiger partial charge on any atom is -0.399 e. The second kappa shape index (κ2) is 7.43. The van der Waals surface area contributed by atoms with Gasteiger partial charge in [0, 0.05) is 37.4 Å². The van der Waals surface area contributed by atoms with E-state index >= 15 is 0 Å². The lowest BCUT2D eigenvalue weighted by molar-refractivity contribution is -0.0679.